The maximum Gasteiger partial charge on any atom is 0.318 e. The van der Waals surface area contributed by atoms with Crippen LogP contribution in [0.1, 0.15) is 26.2 Å². The van der Waals surface area contributed by atoms with Crippen LogP contribution in [0.3, 0.4) is 0 Å². The van der Waals surface area contributed by atoms with Gasteiger partial charge in [0, 0.05) is 12.5 Å². The van der Waals surface area contributed by atoms with Gasteiger partial charge in [-0.05, 0) is 19.8 Å². The van der Waals surface area contributed by atoms with E-state index in [1.807, 2.05) is 0 Å². The van der Waals surface area contributed by atoms with Gasteiger partial charge in [0.1, 0.15) is 13.1 Å². The van der Waals surface area contributed by atoms with Gasteiger partial charge in [0.15, 0.2) is 0 Å². The molecule has 0 aromatic carbocycles. The van der Waals surface area contributed by atoms with Crippen molar-refractivity contribution in [3.63, 3.8) is 0 Å². The number of nitrogens with zero attached hydrogens (tertiary/aromatic N) is 1. The first kappa shape index (κ1) is 17.7. The van der Waals surface area contributed by atoms with Crippen molar-refractivity contribution in [2.24, 2.45) is 11.5 Å². The number of hydrogen-bond donors (Lipinski definition) is 4. The summed E-state index contributed by atoms with van der Waals surface area (Å²) in [6.07, 6.45) is 0.869. The van der Waals surface area contributed by atoms with E-state index in [0.717, 1.165) is 4.90 Å². The zero-order valence-corrected chi connectivity index (χ0v) is 11.3. The third kappa shape index (κ3) is 8.72. The van der Waals surface area contributed by atoms with Gasteiger partial charge in [-0.1, -0.05) is 0 Å². The van der Waals surface area contributed by atoms with E-state index in [2.05, 4.69) is 5.32 Å². The van der Waals surface area contributed by atoms with E-state index in [0.29, 0.717) is 12.8 Å². The van der Waals surface area contributed by atoms with Crippen molar-refractivity contribution in [3.05, 3.63) is 0 Å². The zero-order chi connectivity index (χ0) is 15.7. The van der Waals surface area contributed by atoms with Crippen molar-refractivity contribution < 1.29 is 24.3 Å². The molecule has 9 nitrogen and oxygen atoms in total. The molecule has 6 N–H and O–H groups in total. The van der Waals surface area contributed by atoms with Crippen LogP contribution in [-0.4, -0.2) is 53.0 Å². The fourth-order valence-electron chi connectivity index (χ4n) is 1.51. The maximum atomic E-state index is 11.8. The van der Waals surface area contributed by atoms with Crippen molar-refractivity contribution in [1.29, 1.82) is 0 Å². The normalized spacial score (nSPS) is 11.4. The second kappa shape index (κ2) is 8.73. The number of rotatable bonds is 9. The first-order valence-electron chi connectivity index (χ1n) is 6.06. The minimum absolute atomic E-state index is 0.00645. The van der Waals surface area contributed by atoms with Crippen LogP contribution in [0.25, 0.3) is 0 Å². The standard InChI is InChI=1S/C11H20N4O5/c1-7(3-2-4-10(18)19)14-11(20)15(5-8(12)16)6-9(13)17/h7H,2-6H2,1H3,(H2,12,16)(H2,13,17)(H,14,20)(H,18,19). The number of carbonyl (C=O) groups is 4. The third-order valence-corrected chi connectivity index (χ3v) is 2.38. The molecule has 0 spiro atoms. The highest BCUT2D eigenvalue weighted by molar-refractivity contribution is 5.87. The number of carboxylic acids is 1. The Morgan fingerprint density at radius 1 is 1.15 bits per heavy atom. The van der Waals surface area contributed by atoms with Crippen LogP contribution in [0.2, 0.25) is 0 Å². The summed E-state index contributed by atoms with van der Waals surface area (Å²) in [5, 5.41) is 11.0. The Bertz CT molecular complexity index is 369. The lowest BCUT2D eigenvalue weighted by Crippen LogP contribution is -2.49. The van der Waals surface area contributed by atoms with Crippen LogP contribution in [0.15, 0.2) is 0 Å². The average Bonchev–Trinajstić information content (AvgIpc) is 2.25. The fraction of sp³-hybridized carbons (Fsp3) is 0.636. The van der Waals surface area contributed by atoms with Gasteiger partial charge in [0.05, 0.1) is 0 Å². The van der Waals surface area contributed by atoms with E-state index in [1.54, 1.807) is 6.92 Å². The summed E-state index contributed by atoms with van der Waals surface area (Å²) in [5.41, 5.74) is 9.95. The van der Waals surface area contributed by atoms with Gasteiger partial charge >= 0.3 is 12.0 Å². The summed E-state index contributed by atoms with van der Waals surface area (Å²) in [6, 6.07) is -0.949. The quantitative estimate of drug-likeness (QED) is 0.411. The van der Waals surface area contributed by atoms with Crippen LogP contribution >= 0.6 is 0 Å². The zero-order valence-electron chi connectivity index (χ0n) is 11.3. The molecule has 0 aromatic heterocycles. The number of amides is 4. The predicted molar refractivity (Wildman–Crippen MR) is 69.4 cm³/mol. The lowest BCUT2D eigenvalue weighted by atomic mass is 10.1. The number of urea groups is 1. The highest BCUT2D eigenvalue weighted by Gasteiger charge is 2.19. The largest absolute Gasteiger partial charge is 0.481 e. The highest BCUT2D eigenvalue weighted by Crippen LogP contribution is 2.01. The number of hydrogen-bond acceptors (Lipinski definition) is 4. The Morgan fingerprint density at radius 3 is 2.05 bits per heavy atom. The third-order valence-electron chi connectivity index (χ3n) is 2.38. The molecule has 4 amide bonds. The van der Waals surface area contributed by atoms with Gasteiger partial charge < -0.3 is 26.8 Å². The summed E-state index contributed by atoms with van der Waals surface area (Å²) in [6.45, 7) is 0.847. The molecular weight excluding hydrogens is 268 g/mol. The van der Waals surface area contributed by atoms with Crippen molar-refractivity contribution in [2.75, 3.05) is 13.1 Å². The molecule has 0 fully saturated rings. The van der Waals surface area contributed by atoms with Crippen LogP contribution < -0.4 is 16.8 Å². The van der Waals surface area contributed by atoms with Crippen LogP contribution in [-0.2, 0) is 14.4 Å². The smallest absolute Gasteiger partial charge is 0.318 e. The minimum Gasteiger partial charge on any atom is -0.481 e. The molecule has 0 aliphatic heterocycles. The topological polar surface area (TPSA) is 156 Å². The van der Waals surface area contributed by atoms with E-state index < -0.39 is 36.9 Å². The molecule has 9 heteroatoms. The van der Waals surface area contributed by atoms with Gasteiger partial charge in [-0.15, -0.1) is 0 Å². The Labute approximate surface area is 116 Å². The van der Waals surface area contributed by atoms with Gasteiger partial charge in [-0.3, -0.25) is 14.4 Å². The molecule has 0 aliphatic rings. The van der Waals surface area contributed by atoms with Crippen LogP contribution in [0.5, 0.6) is 0 Å². The molecule has 0 saturated heterocycles. The number of primary amides is 2. The number of nitrogens with two attached hydrogens (primary N) is 2. The Morgan fingerprint density at radius 2 is 1.65 bits per heavy atom. The van der Waals surface area contributed by atoms with Gasteiger partial charge in [0.2, 0.25) is 11.8 Å². The van der Waals surface area contributed by atoms with Crippen molar-refractivity contribution >= 4 is 23.8 Å². The molecule has 0 saturated carbocycles. The summed E-state index contributed by atoms with van der Waals surface area (Å²) in [7, 11) is 0. The molecule has 0 aromatic rings. The summed E-state index contributed by atoms with van der Waals surface area (Å²) < 4.78 is 0. The SMILES string of the molecule is CC(CCCC(=O)O)NC(=O)N(CC(N)=O)CC(N)=O. The summed E-state index contributed by atoms with van der Waals surface area (Å²) in [5.74, 6) is -2.44. The van der Waals surface area contributed by atoms with Crippen molar-refractivity contribution in [2.45, 2.75) is 32.2 Å². The second-order valence-electron chi connectivity index (χ2n) is 4.43. The molecule has 1 atom stereocenters. The van der Waals surface area contributed by atoms with E-state index >= 15 is 0 Å². The van der Waals surface area contributed by atoms with Crippen LogP contribution in [0, 0.1) is 0 Å². The minimum atomic E-state index is -0.910. The fourth-order valence-corrected chi connectivity index (χ4v) is 1.51. The van der Waals surface area contributed by atoms with Crippen molar-refractivity contribution in [3.8, 4) is 0 Å². The molecule has 1 unspecified atom stereocenters. The lowest BCUT2D eigenvalue weighted by molar-refractivity contribution is -0.137. The molecule has 0 aliphatic carbocycles. The van der Waals surface area contributed by atoms with E-state index in [4.69, 9.17) is 16.6 Å². The average molecular weight is 288 g/mol. The van der Waals surface area contributed by atoms with E-state index in [-0.39, 0.29) is 12.5 Å². The molecule has 0 bridgehead atoms. The Kier molecular flexibility index (Phi) is 7.71. The molecule has 114 valence electrons. The first-order chi connectivity index (χ1) is 9.22. The second-order valence-corrected chi connectivity index (χ2v) is 4.43. The van der Waals surface area contributed by atoms with Gasteiger partial charge in [0.25, 0.3) is 0 Å². The molecule has 20 heavy (non-hydrogen) atoms. The van der Waals surface area contributed by atoms with Crippen molar-refractivity contribution in [1.82, 2.24) is 10.2 Å². The van der Waals surface area contributed by atoms with Gasteiger partial charge in [-0.25, -0.2) is 4.79 Å². The molecule has 0 heterocycles. The number of nitrogens with one attached hydrogen (secondary N) is 1. The highest BCUT2D eigenvalue weighted by atomic mass is 16.4. The Hall–Kier alpha value is -2.32. The maximum absolute atomic E-state index is 11.8. The van der Waals surface area contributed by atoms with Gasteiger partial charge in [-0.2, -0.15) is 0 Å². The monoisotopic (exact) mass is 288 g/mol. The van der Waals surface area contributed by atoms with Crippen LogP contribution in [0.4, 0.5) is 4.79 Å². The Balaban J connectivity index is 4.32. The number of carbonyl (C=O) groups excluding carboxylic acids is 3. The molecular formula is C11H20N4O5. The first-order valence-corrected chi connectivity index (χ1v) is 6.06. The molecule has 0 radical (unpaired) electrons. The number of aliphatic carboxylic acids is 1. The summed E-state index contributed by atoms with van der Waals surface area (Å²) >= 11 is 0. The van der Waals surface area contributed by atoms with E-state index in [1.165, 1.54) is 0 Å². The predicted octanol–water partition coefficient (Wildman–Crippen LogP) is -1.39. The van der Waals surface area contributed by atoms with E-state index in [9.17, 15) is 19.2 Å². The lowest BCUT2D eigenvalue weighted by Gasteiger charge is -2.22. The summed E-state index contributed by atoms with van der Waals surface area (Å²) in [4.78, 5) is 44.7. The molecule has 0 rings (SSSR count). The number of carboxylic acid groups (broad SMARTS) is 1.